The molecule has 2 fully saturated rings. The number of aromatic nitrogens is 9. The van der Waals surface area contributed by atoms with Crippen molar-refractivity contribution >= 4 is 29.7 Å². The SMILES string of the molecule is C#CCOCCOCCOCCNc1nc(N2CCN(C(=O)[C@H](CCCCN)n3cc([C@@H](N)CO)nn3)CC2)nc(N2CCN(C(=O)[C@H](Cc3ccc(O)cc3)n3cc([C@@H](N)CC(C)C)nn3)CC2)n1.[Cl-]. The monoisotopic (exact) mass is 1010 g/mol. The quantitative estimate of drug-likeness (QED) is 0.0245. The highest BCUT2D eigenvalue weighted by Crippen LogP contribution is 2.26. The van der Waals surface area contributed by atoms with Gasteiger partial charge in [0, 0.05) is 65.3 Å². The van der Waals surface area contributed by atoms with Crippen LogP contribution in [0, 0.1) is 18.3 Å². The van der Waals surface area contributed by atoms with Crippen LogP contribution in [0.3, 0.4) is 0 Å². The number of phenols is 1. The highest BCUT2D eigenvalue weighted by Gasteiger charge is 2.34. The van der Waals surface area contributed by atoms with E-state index in [1.807, 2.05) is 19.6 Å². The minimum atomic E-state index is -0.704. The molecule has 0 aliphatic carbocycles. The summed E-state index contributed by atoms with van der Waals surface area (Å²) in [7, 11) is 0. The molecule has 390 valence electrons. The smallest absolute Gasteiger partial charge is 0.247 e. The van der Waals surface area contributed by atoms with Gasteiger partial charge in [-0.2, -0.15) is 15.0 Å². The minimum absolute atomic E-state index is 0. The molecule has 25 heteroatoms. The van der Waals surface area contributed by atoms with Crippen molar-refractivity contribution in [1.29, 1.82) is 0 Å². The average Bonchev–Trinajstić information content (AvgIpc) is 4.08. The number of ether oxygens (including phenoxy) is 3. The first-order valence-corrected chi connectivity index (χ1v) is 24.1. The first kappa shape index (κ1) is 56.1. The first-order valence-electron chi connectivity index (χ1n) is 24.1. The van der Waals surface area contributed by atoms with Crippen LogP contribution in [0.1, 0.15) is 80.6 Å². The zero-order valence-electron chi connectivity index (χ0n) is 40.8. The molecule has 9 N–H and O–H groups in total. The molecular weight excluding hydrogens is 938 g/mol. The molecule has 0 spiro atoms. The molecular formula is C46H71ClN17O7-. The van der Waals surface area contributed by atoms with Gasteiger partial charge in [0.2, 0.25) is 29.7 Å². The minimum Gasteiger partial charge on any atom is -1.00 e. The van der Waals surface area contributed by atoms with E-state index < -0.39 is 18.1 Å². The van der Waals surface area contributed by atoms with Gasteiger partial charge in [0.25, 0.3) is 0 Å². The summed E-state index contributed by atoms with van der Waals surface area (Å²) < 4.78 is 19.7. The lowest BCUT2D eigenvalue weighted by atomic mass is 10.0. The van der Waals surface area contributed by atoms with Gasteiger partial charge in [-0.15, -0.1) is 16.6 Å². The van der Waals surface area contributed by atoms with Crippen molar-refractivity contribution in [3.05, 3.63) is 53.6 Å². The van der Waals surface area contributed by atoms with E-state index in [4.69, 9.17) is 52.8 Å². The Morgan fingerprint density at radius 1 is 0.761 bits per heavy atom. The molecule has 71 heavy (non-hydrogen) atoms. The summed E-state index contributed by atoms with van der Waals surface area (Å²) in [4.78, 5) is 50.9. The Morgan fingerprint density at radius 2 is 1.30 bits per heavy atom. The Bertz CT molecular complexity index is 2250. The fraction of sp³-hybridized carbons (Fsp3) is 0.630. The number of carbonyl (C=O) groups excluding carboxylic acids is 2. The van der Waals surface area contributed by atoms with Gasteiger partial charge in [0.15, 0.2) is 0 Å². The molecule has 3 aromatic heterocycles. The number of aliphatic hydroxyl groups is 1. The number of aromatic hydroxyl groups is 1. The standard InChI is InChI=1S/C46H71N17O7.ClH/c1-4-22-68-24-26-70-27-25-69-23-13-50-44-51-45(60-18-14-58(15-19-60)42(66)40(7-5-6-12-47)62-31-39(55-56-62)37(49)32-64)53-46(52-44)61-20-16-59(17-21-61)43(67)41(29-34-8-10-35(65)11-9-34)63-30-38(54-57-63)36(48)28-33(2)3;/h1,8-11,30-31,33,36-37,40-41,64-65H,5-7,12-29,32,47-49H2,2-3H3,(H,50,51,52,53);1H/p-1/t36-,37-,40-,41-;/m0./s1. The summed E-state index contributed by atoms with van der Waals surface area (Å²) in [6, 6.07) is 4.47. The van der Waals surface area contributed by atoms with E-state index in [-0.39, 0.29) is 49.2 Å². The number of hydrogen-bond acceptors (Lipinski definition) is 20. The van der Waals surface area contributed by atoms with Crippen molar-refractivity contribution in [2.45, 2.75) is 70.1 Å². The molecule has 1 aromatic carbocycles. The van der Waals surface area contributed by atoms with Crippen molar-refractivity contribution < 1.29 is 46.4 Å². The molecule has 0 radical (unpaired) electrons. The third kappa shape index (κ3) is 16.6. The fourth-order valence-electron chi connectivity index (χ4n) is 8.14. The normalized spacial score (nSPS) is 15.8. The number of piperazine rings is 2. The van der Waals surface area contributed by atoms with Gasteiger partial charge < -0.3 is 78.9 Å². The van der Waals surface area contributed by atoms with Gasteiger partial charge in [-0.05, 0) is 55.8 Å². The van der Waals surface area contributed by atoms with Gasteiger partial charge in [-0.1, -0.05) is 42.3 Å². The summed E-state index contributed by atoms with van der Waals surface area (Å²) in [6.07, 6.45) is 11.7. The van der Waals surface area contributed by atoms with E-state index in [9.17, 15) is 19.8 Å². The molecule has 2 saturated heterocycles. The lowest BCUT2D eigenvalue weighted by molar-refractivity contribution is -0.136. The van der Waals surface area contributed by atoms with Crippen LogP contribution in [-0.4, -0.2) is 188 Å². The van der Waals surface area contributed by atoms with Gasteiger partial charge >= 0.3 is 0 Å². The first-order chi connectivity index (χ1) is 34.0. The number of aliphatic hydroxyl groups excluding tert-OH is 1. The molecule has 0 unspecified atom stereocenters. The van der Waals surface area contributed by atoms with Gasteiger partial charge in [-0.3, -0.25) is 9.59 Å². The van der Waals surface area contributed by atoms with E-state index in [1.54, 1.807) is 46.0 Å². The van der Waals surface area contributed by atoms with Crippen LogP contribution in [0.15, 0.2) is 36.7 Å². The van der Waals surface area contributed by atoms with Crippen molar-refractivity contribution in [3.63, 3.8) is 0 Å². The van der Waals surface area contributed by atoms with Crippen molar-refractivity contribution in [3.8, 4) is 18.1 Å². The summed E-state index contributed by atoms with van der Waals surface area (Å²) in [5.41, 5.74) is 20.1. The number of anilines is 3. The van der Waals surface area contributed by atoms with Crippen LogP contribution in [0.5, 0.6) is 5.75 Å². The Kier molecular flexibility index (Phi) is 22.9. The highest BCUT2D eigenvalue weighted by molar-refractivity contribution is 5.81. The molecule has 0 bridgehead atoms. The zero-order valence-corrected chi connectivity index (χ0v) is 41.6. The van der Waals surface area contributed by atoms with Crippen molar-refractivity contribution in [2.75, 3.05) is 127 Å². The van der Waals surface area contributed by atoms with E-state index in [1.165, 1.54) is 0 Å². The van der Waals surface area contributed by atoms with Gasteiger partial charge in [0.05, 0.1) is 69.8 Å². The van der Waals surface area contributed by atoms with Gasteiger partial charge in [0.1, 0.15) is 30.1 Å². The Morgan fingerprint density at radius 3 is 1.85 bits per heavy atom. The maximum atomic E-state index is 14.5. The number of halogens is 1. The number of rotatable bonds is 28. The third-order valence-corrected chi connectivity index (χ3v) is 12.1. The third-order valence-electron chi connectivity index (χ3n) is 12.1. The largest absolute Gasteiger partial charge is 1.00 e. The molecule has 4 atom stereocenters. The maximum absolute atomic E-state index is 14.5. The lowest BCUT2D eigenvalue weighted by Gasteiger charge is -2.38. The van der Waals surface area contributed by atoms with E-state index in [2.05, 4.69) is 45.7 Å². The number of nitrogens with zero attached hydrogens (tertiary/aromatic N) is 13. The molecule has 2 aliphatic rings. The average molecular weight is 1010 g/mol. The molecule has 0 saturated carbocycles. The zero-order chi connectivity index (χ0) is 49.8. The summed E-state index contributed by atoms with van der Waals surface area (Å²) in [5.74, 6) is 3.96. The fourth-order valence-corrected chi connectivity index (χ4v) is 8.14. The summed E-state index contributed by atoms with van der Waals surface area (Å²) in [6.45, 7) is 10.4. The van der Waals surface area contributed by atoms with E-state index >= 15 is 0 Å². The summed E-state index contributed by atoms with van der Waals surface area (Å²) >= 11 is 0. The Hall–Kier alpha value is -5.78. The second-order valence-electron chi connectivity index (χ2n) is 17.8. The Balaban J connectivity index is 0.00000937. The van der Waals surface area contributed by atoms with Crippen LogP contribution in [-0.2, 0) is 30.2 Å². The molecule has 2 aliphatic heterocycles. The van der Waals surface area contributed by atoms with E-state index in [0.717, 1.165) is 24.8 Å². The predicted molar refractivity (Wildman–Crippen MR) is 260 cm³/mol. The van der Waals surface area contributed by atoms with Crippen LogP contribution < -0.4 is 44.7 Å². The maximum Gasteiger partial charge on any atom is 0.247 e. The van der Waals surface area contributed by atoms with Gasteiger partial charge in [-0.25, -0.2) is 9.36 Å². The van der Waals surface area contributed by atoms with Crippen LogP contribution in [0.4, 0.5) is 17.8 Å². The van der Waals surface area contributed by atoms with Crippen molar-refractivity contribution in [1.82, 2.24) is 54.7 Å². The second kappa shape index (κ2) is 28.9. The number of carbonyl (C=O) groups is 2. The molecule has 6 rings (SSSR count). The molecule has 24 nitrogen and oxygen atoms in total. The number of nitrogens with two attached hydrogens (primary N) is 3. The summed E-state index contributed by atoms with van der Waals surface area (Å²) in [5, 5.41) is 39.9. The number of nitrogens with one attached hydrogen (secondary N) is 1. The second-order valence-corrected chi connectivity index (χ2v) is 17.8. The topological polar surface area (TPSA) is 305 Å². The van der Waals surface area contributed by atoms with Crippen LogP contribution >= 0.6 is 0 Å². The lowest BCUT2D eigenvalue weighted by Crippen LogP contribution is -3.00. The molecule has 2 amide bonds. The highest BCUT2D eigenvalue weighted by atomic mass is 35.5. The van der Waals surface area contributed by atoms with Crippen molar-refractivity contribution in [2.24, 2.45) is 23.1 Å². The Labute approximate surface area is 421 Å². The number of benzene rings is 1. The molecule has 5 heterocycles. The van der Waals surface area contributed by atoms with Crippen LogP contribution in [0.25, 0.3) is 0 Å². The van der Waals surface area contributed by atoms with Crippen LogP contribution in [0.2, 0.25) is 0 Å². The number of phenolic OH excluding ortho intramolecular Hbond substituents is 1. The number of hydrogen-bond donors (Lipinski definition) is 6. The number of terminal acetylenes is 1. The van der Waals surface area contributed by atoms with E-state index in [0.29, 0.717) is 146 Å². The predicted octanol–water partition coefficient (Wildman–Crippen LogP) is -2.95. The molecule has 4 aromatic rings. The number of amides is 2. The number of unbranched alkanes of at least 4 members (excludes halogenated alkanes) is 1.